The van der Waals surface area contributed by atoms with Crippen LogP contribution in [0.25, 0.3) is 0 Å². The van der Waals surface area contributed by atoms with Crippen LogP contribution < -0.4 is 19.5 Å². The maximum atomic E-state index is 12.2. The van der Waals surface area contributed by atoms with Crippen LogP contribution in [0.15, 0.2) is 16.7 Å². The summed E-state index contributed by atoms with van der Waals surface area (Å²) >= 11 is 0. The third kappa shape index (κ3) is 4.62. The summed E-state index contributed by atoms with van der Waals surface area (Å²) in [7, 11) is 4.66. The molecule has 1 aromatic carbocycles. The van der Waals surface area contributed by atoms with Crippen molar-refractivity contribution in [3.63, 3.8) is 0 Å². The van der Waals surface area contributed by atoms with Crippen LogP contribution in [0.5, 0.6) is 17.2 Å². The Balaban J connectivity index is 1.99. The van der Waals surface area contributed by atoms with Crippen LogP contribution >= 0.6 is 0 Å². The number of aryl methyl sites for hydroxylation is 2. The van der Waals surface area contributed by atoms with Crippen molar-refractivity contribution in [3.05, 3.63) is 29.4 Å². The van der Waals surface area contributed by atoms with Gasteiger partial charge in [-0.2, -0.15) is 4.98 Å². The maximum Gasteiger partial charge on any atom is 0.248 e. The predicted molar refractivity (Wildman–Crippen MR) is 90.0 cm³/mol. The highest BCUT2D eigenvalue weighted by Crippen LogP contribution is 2.38. The molecule has 136 valence electrons. The number of benzene rings is 1. The SMILES string of the molecule is COc1cc(CCC(=O)N[C@H](C)c2nc(C)no2)cc(OC)c1OC. The number of carbonyl (C=O) groups excluding carboxylic acids is 1. The molecule has 1 atom stereocenters. The van der Waals surface area contributed by atoms with Gasteiger partial charge in [0.1, 0.15) is 6.04 Å². The van der Waals surface area contributed by atoms with E-state index in [2.05, 4.69) is 15.5 Å². The van der Waals surface area contributed by atoms with Crippen LogP contribution in [0, 0.1) is 6.92 Å². The van der Waals surface area contributed by atoms with Crippen LogP contribution in [-0.2, 0) is 11.2 Å². The summed E-state index contributed by atoms with van der Waals surface area (Å²) in [6.45, 7) is 3.52. The molecule has 0 unspecified atom stereocenters. The molecular formula is C17H23N3O5. The van der Waals surface area contributed by atoms with E-state index in [1.54, 1.807) is 35.2 Å². The molecule has 1 amide bonds. The molecule has 8 heteroatoms. The van der Waals surface area contributed by atoms with Gasteiger partial charge in [0.05, 0.1) is 21.3 Å². The highest BCUT2D eigenvalue weighted by molar-refractivity contribution is 5.76. The normalized spacial score (nSPS) is 11.7. The van der Waals surface area contributed by atoms with E-state index in [1.807, 2.05) is 12.1 Å². The Morgan fingerprint density at radius 3 is 2.32 bits per heavy atom. The molecule has 2 rings (SSSR count). The lowest BCUT2D eigenvalue weighted by atomic mass is 10.1. The monoisotopic (exact) mass is 349 g/mol. The minimum absolute atomic E-state index is 0.114. The van der Waals surface area contributed by atoms with E-state index < -0.39 is 0 Å². The third-order valence-corrected chi connectivity index (χ3v) is 3.66. The summed E-state index contributed by atoms with van der Waals surface area (Å²) in [4.78, 5) is 16.3. The van der Waals surface area contributed by atoms with Crippen molar-refractivity contribution in [1.29, 1.82) is 0 Å². The van der Waals surface area contributed by atoms with Gasteiger partial charge in [-0.3, -0.25) is 4.79 Å². The zero-order valence-corrected chi connectivity index (χ0v) is 15.1. The lowest BCUT2D eigenvalue weighted by Crippen LogP contribution is -2.27. The van der Waals surface area contributed by atoms with Crippen molar-refractivity contribution in [2.45, 2.75) is 32.7 Å². The van der Waals surface area contributed by atoms with E-state index in [0.29, 0.717) is 41.8 Å². The molecule has 0 bridgehead atoms. The van der Waals surface area contributed by atoms with Crippen molar-refractivity contribution in [3.8, 4) is 17.2 Å². The molecular weight excluding hydrogens is 326 g/mol. The van der Waals surface area contributed by atoms with Gasteiger partial charge in [-0.05, 0) is 38.0 Å². The summed E-state index contributed by atoms with van der Waals surface area (Å²) in [5.74, 6) is 2.46. The molecule has 1 heterocycles. The number of ether oxygens (including phenoxy) is 3. The van der Waals surface area contributed by atoms with Crippen molar-refractivity contribution in [1.82, 2.24) is 15.5 Å². The molecule has 0 fully saturated rings. The van der Waals surface area contributed by atoms with Crippen LogP contribution in [-0.4, -0.2) is 37.4 Å². The Kier molecular flexibility index (Phi) is 6.21. The molecule has 0 spiro atoms. The minimum Gasteiger partial charge on any atom is -0.493 e. The Morgan fingerprint density at radius 1 is 1.20 bits per heavy atom. The number of rotatable bonds is 8. The second-order valence-electron chi connectivity index (χ2n) is 5.50. The molecule has 0 saturated carbocycles. The number of hydrogen-bond donors (Lipinski definition) is 1. The molecule has 0 radical (unpaired) electrons. The lowest BCUT2D eigenvalue weighted by molar-refractivity contribution is -0.121. The van der Waals surface area contributed by atoms with Gasteiger partial charge in [-0.15, -0.1) is 0 Å². The van der Waals surface area contributed by atoms with Crippen molar-refractivity contribution in [2.24, 2.45) is 0 Å². The van der Waals surface area contributed by atoms with E-state index in [9.17, 15) is 4.79 Å². The van der Waals surface area contributed by atoms with Gasteiger partial charge in [0.2, 0.25) is 17.5 Å². The number of hydrogen-bond acceptors (Lipinski definition) is 7. The first-order valence-electron chi connectivity index (χ1n) is 7.87. The van der Waals surface area contributed by atoms with Gasteiger partial charge >= 0.3 is 0 Å². The Bertz CT molecular complexity index is 704. The zero-order valence-electron chi connectivity index (χ0n) is 15.1. The molecule has 0 aliphatic heterocycles. The number of carbonyl (C=O) groups is 1. The molecule has 1 aromatic heterocycles. The average Bonchev–Trinajstić information content (AvgIpc) is 3.05. The summed E-state index contributed by atoms with van der Waals surface area (Å²) in [5.41, 5.74) is 0.908. The minimum atomic E-state index is -0.339. The van der Waals surface area contributed by atoms with Gasteiger partial charge < -0.3 is 24.1 Å². The number of nitrogens with zero attached hydrogens (tertiary/aromatic N) is 2. The van der Waals surface area contributed by atoms with Gasteiger partial charge in [0.25, 0.3) is 0 Å². The van der Waals surface area contributed by atoms with Crippen LogP contribution in [0.1, 0.15) is 36.7 Å². The second-order valence-corrected chi connectivity index (χ2v) is 5.50. The fraction of sp³-hybridized carbons (Fsp3) is 0.471. The lowest BCUT2D eigenvalue weighted by Gasteiger charge is -2.14. The average molecular weight is 349 g/mol. The van der Waals surface area contributed by atoms with Crippen molar-refractivity contribution >= 4 is 5.91 Å². The van der Waals surface area contributed by atoms with E-state index in [1.165, 1.54) is 0 Å². The second kappa shape index (κ2) is 8.36. The van der Waals surface area contributed by atoms with Crippen LogP contribution in [0.2, 0.25) is 0 Å². The van der Waals surface area contributed by atoms with E-state index >= 15 is 0 Å². The van der Waals surface area contributed by atoms with Gasteiger partial charge in [-0.1, -0.05) is 5.16 Å². The first kappa shape index (κ1) is 18.6. The van der Waals surface area contributed by atoms with Gasteiger partial charge in [-0.25, -0.2) is 0 Å². The number of amides is 1. The molecule has 1 N–H and O–H groups in total. The van der Waals surface area contributed by atoms with Gasteiger partial charge in [0.15, 0.2) is 17.3 Å². The fourth-order valence-corrected chi connectivity index (χ4v) is 2.40. The first-order chi connectivity index (χ1) is 12.0. The number of methoxy groups -OCH3 is 3. The summed E-state index contributed by atoms with van der Waals surface area (Å²) in [6, 6.07) is 3.33. The molecule has 8 nitrogen and oxygen atoms in total. The Hall–Kier alpha value is -2.77. The molecule has 0 aliphatic rings. The molecule has 25 heavy (non-hydrogen) atoms. The van der Waals surface area contributed by atoms with Crippen LogP contribution in [0.4, 0.5) is 0 Å². The summed E-state index contributed by atoms with van der Waals surface area (Å²) in [6.07, 6.45) is 0.828. The highest BCUT2D eigenvalue weighted by atomic mass is 16.5. The zero-order chi connectivity index (χ0) is 18.4. The standard InChI is InChI=1S/C17H23N3O5/c1-10(17-19-11(2)20-25-17)18-15(21)7-6-12-8-13(22-3)16(24-5)14(9-12)23-4/h8-10H,6-7H2,1-5H3,(H,18,21)/t10-/m1/s1. The fourth-order valence-electron chi connectivity index (χ4n) is 2.40. The number of nitrogens with one attached hydrogen (secondary N) is 1. The first-order valence-corrected chi connectivity index (χ1v) is 7.87. The Morgan fingerprint density at radius 2 is 1.84 bits per heavy atom. The van der Waals surface area contributed by atoms with Crippen LogP contribution in [0.3, 0.4) is 0 Å². The Labute approximate surface area is 146 Å². The van der Waals surface area contributed by atoms with E-state index in [-0.39, 0.29) is 11.9 Å². The summed E-state index contributed by atoms with van der Waals surface area (Å²) < 4.78 is 21.0. The maximum absolute atomic E-state index is 12.2. The van der Waals surface area contributed by atoms with Crippen molar-refractivity contribution < 1.29 is 23.5 Å². The van der Waals surface area contributed by atoms with Gasteiger partial charge in [0, 0.05) is 6.42 Å². The van der Waals surface area contributed by atoms with E-state index in [0.717, 1.165) is 5.56 Å². The third-order valence-electron chi connectivity index (χ3n) is 3.66. The molecule has 0 saturated heterocycles. The topological polar surface area (TPSA) is 95.7 Å². The number of aromatic nitrogens is 2. The smallest absolute Gasteiger partial charge is 0.248 e. The van der Waals surface area contributed by atoms with E-state index in [4.69, 9.17) is 18.7 Å². The highest BCUT2D eigenvalue weighted by Gasteiger charge is 2.17. The quantitative estimate of drug-likeness (QED) is 0.780. The van der Waals surface area contributed by atoms with Crippen molar-refractivity contribution in [2.75, 3.05) is 21.3 Å². The predicted octanol–water partition coefficient (Wildman–Crippen LogP) is 2.21. The summed E-state index contributed by atoms with van der Waals surface area (Å²) in [5, 5.41) is 6.55. The largest absolute Gasteiger partial charge is 0.493 e. The molecule has 0 aliphatic carbocycles. The molecule has 2 aromatic rings.